The maximum atomic E-state index is 4.46. The maximum Gasteiger partial charge on any atom is 0.128 e. The molecule has 0 aliphatic heterocycles. The minimum absolute atomic E-state index is 0.812. The van der Waals surface area contributed by atoms with Crippen LogP contribution >= 0.6 is 0 Å². The van der Waals surface area contributed by atoms with Crippen molar-refractivity contribution in [3.8, 4) is 0 Å². The first-order valence-electron chi connectivity index (χ1n) is 5.99. The highest BCUT2D eigenvalue weighted by Crippen LogP contribution is 2.12. The van der Waals surface area contributed by atoms with Gasteiger partial charge in [-0.3, -0.25) is 4.98 Å². The van der Waals surface area contributed by atoms with Gasteiger partial charge in [-0.25, -0.2) is 4.98 Å². The molecule has 0 saturated carbocycles. The van der Waals surface area contributed by atoms with Crippen molar-refractivity contribution >= 4 is 5.82 Å². The Balaban J connectivity index is 2.02. The first kappa shape index (κ1) is 12.5. The molecule has 4 nitrogen and oxygen atoms in total. The maximum absolute atomic E-state index is 4.46. The third kappa shape index (κ3) is 3.28. The summed E-state index contributed by atoms with van der Waals surface area (Å²) in [7, 11) is 3.97. The van der Waals surface area contributed by atoms with Gasteiger partial charge in [-0.1, -0.05) is 12.1 Å². The number of anilines is 1. The minimum Gasteiger partial charge on any atom is -0.355 e. The Morgan fingerprint density at radius 2 is 2.06 bits per heavy atom. The Morgan fingerprint density at radius 3 is 2.67 bits per heavy atom. The Labute approximate surface area is 108 Å². The number of rotatable bonds is 5. The number of nitrogens with one attached hydrogen (secondary N) is 1. The van der Waals surface area contributed by atoms with Crippen LogP contribution < -0.4 is 10.2 Å². The van der Waals surface area contributed by atoms with Crippen molar-refractivity contribution in [3.63, 3.8) is 0 Å². The van der Waals surface area contributed by atoms with E-state index in [0.717, 1.165) is 18.9 Å². The lowest BCUT2D eigenvalue weighted by molar-refractivity contribution is 0.810. The monoisotopic (exact) mass is 242 g/mol. The first-order valence-corrected chi connectivity index (χ1v) is 5.99. The van der Waals surface area contributed by atoms with Gasteiger partial charge < -0.3 is 10.2 Å². The van der Waals surface area contributed by atoms with E-state index >= 15 is 0 Å². The number of hydrogen-bond acceptors (Lipinski definition) is 4. The predicted molar refractivity (Wildman–Crippen MR) is 73.3 cm³/mol. The summed E-state index contributed by atoms with van der Waals surface area (Å²) < 4.78 is 0. The average molecular weight is 242 g/mol. The number of pyridine rings is 2. The molecular formula is C14H18N4. The third-order valence-electron chi connectivity index (χ3n) is 2.72. The van der Waals surface area contributed by atoms with Crippen LogP contribution in [-0.2, 0) is 13.1 Å². The van der Waals surface area contributed by atoms with E-state index in [0.29, 0.717) is 0 Å². The van der Waals surface area contributed by atoms with Gasteiger partial charge in [0.2, 0.25) is 0 Å². The fourth-order valence-electron chi connectivity index (χ4n) is 1.80. The molecule has 0 aliphatic rings. The molecule has 0 fully saturated rings. The van der Waals surface area contributed by atoms with E-state index in [1.807, 2.05) is 38.6 Å². The highest BCUT2D eigenvalue weighted by atomic mass is 15.2. The largest absolute Gasteiger partial charge is 0.355 e. The molecule has 4 heteroatoms. The van der Waals surface area contributed by atoms with Gasteiger partial charge in [-0.15, -0.1) is 0 Å². The van der Waals surface area contributed by atoms with Gasteiger partial charge in [0.05, 0.1) is 0 Å². The van der Waals surface area contributed by atoms with Crippen molar-refractivity contribution in [2.45, 2.75) is 13.1 Å². The third-order valence-corrected chi connectivity index (χ3v) is 2.72. The second kappa shape index (κ2) is 6.12. The fraction of sp³-hybridized carbons (Fsp3) is 0.286. The standard InChI is InChI=1S/C14H18N4/c1-15-8-12-5-6-14(17-10-12)18(2)11-13-4-3-7-16-9-13/h3-7,9-10,15H,8,11H2,1-2H3. The normalized spacial score (nSPS) is 10.3. The molecule has 0 aromatic carbocycles. The van der Waals surface area contributed by atoms with Crippen molar-refractivity contribution in [1.29, 1.82) is 0 Å². The average Bonchev–Trinajstić information content (AvgIpc) is 2.41. The van der Waals surface area contributed by atoms with Gasteiger partial charge in [0.25, 0.3) is 0 Å². The van der Waals surface area contributed by atoms with Gasteiger partial charge in [0.1, 0.15) is 5.82 Å². The number of nitrogens with zero attached hydrogens (tertiary/aromatic N) is 3. The predicted octanol–water partition coefficient (Wildman–Crippen LogP) is 1.83. The van der Waals surface area contributed by atoms with Crippen LogP contribution in [0.4, 0.5) is 5.82 Å². The molecule has 0 aliphatic carbocycles. The smallest absolute Gasteiger partial charge is 0.128 e. The number of aromatic nitrogens is 2. The molecule has 0 amide bonds. The summed E-state index contributed by atoms with van der Waals surface area (Å²) in [5.74, 6) is 0.971. The van der Waals surface area contributed by atoms with Crippen molar-refractivity contribution < 1.29 is 0 Å². The molecule has 0 radical (unpaired) electrons. The zero-order chi connectivity index (χ0) is 12.8. The van der Waals surface area contributed by atoms with Crippen molar-refractivity contribution in [2.24, 2.45) is 0 Å². The molecule has 2 aromatic heterocycles. The summed E-state index contributed by atoms with van der Waals surface area (Å²) in [4.78, 5) is 10.7. The lowest BCUT2D eigenvalue weighted by Gasteiger charge is -2.18. The van der Waals surface area contributed by atoms with Gasteiger partial charge in [-0.05, 0) is 30.3 Å². The van der Waals surface area contributed by atoms with E-state index in [1.165, 1.54) is 11.1 Å². The van der Waals surface area contributed by atoms with Crippen LogP contribution in [0, 0.1) is 0 Å². The van der Waals surface area contributed by atoms with E-state index in [2.05, 4.69) is 32.3 Å². The van der Waals surface area contributed by atoms with Crippen LogP contribution in [0.15, 0.2) is 42.9 Å². The lowest BCUT2D eigenvalue weighted by Crippen LogP contribution is -2.18. The second-order valence-electron chi connectivity index (χ2n) is 4.27. The van der Waals surface area contributed by atoms with E-state index < -0.39 is 0 Å². The Morgan fingerprint density at radius 1 is 1.17 bits per heavy atom. The van der Waals surface area contributed by atoms with E-state index in [9.17, 15) is 0 Å². The zero-order valence-electron chi connectivity index (χ0n) is 10.8. The second-order valence-corrected chi connectivity index (χ2v) is 4.27. The zero-order valence-corrected chi connectivity index (χ0v) is 10.8. The Bertz CT molecular complexity index is 467. The summed E-state index contributed by atoms with van der Waals surface area (Å²) in [6.07, 6.45) is 5.58. The van der Waals surface area contributed by atoms with E-state index in [-0.39, 0.29) is 0 Å². The topological polar surface area (TPSA) is 41.0 Å². The van der Waals surface area contributed by atoms with Crippen LogP contribution in [-0.4, -0.2) is 24.1 Å². The molecule has 2 aromatic rings. The fourth-order valence-corrected chi connectivity index (χ4v) is 1.80. The molecule has 0 saturated heterocycles. The number of hydrogen-bond donors (Lipinski definition) is 1. The van der Waals surface area contributed by atoms with Crippen LogP contribution in [0.1, 0.15) is 11.1 Å². The molecule has 0 spiro atoms. The van der Waals surface area contributed by atoms with E-state index in [1.54, 1.807) is 6.20 Å². The summed E-state index contributed by atoms with van der Waals surface area (Å²) in [6.45, 7) is 1.66. The minimum atomic E-state index is 0.812. The molecule has 2 rings (SSSR count). The van der Waals surface area contributed by atoms with Crippen LogP contribution in [0.25, 0.3) is 0 Å². The van der Waals surface area contributed by atoms with Crippen LogP contribution in [0.5, 0.6) is 0 Å². The van der Waals surface area contributed by atoms with Crippen LogP contribution in [0.2, 0.25) is 0 Å². The summed E-state index contributed by atoms with van der Waals surface area (Å²) in [5, 5.41) is 3.11. The highest BCUT2D eigenvalue weighted by molar-refractivity contribution is 5.39. The van der Waals surface area contributed by atoms with Gasteiger partial charge in [0, 0.05) is 38.7 Å². The van der Waals surface area contributed by atoms with Gasteiger partial charge in [-0.2, -0.15) is 0 Å². The molecule has 94 valence electrons. The van der Waals surface area contributed by atoms with Crippen molar-refractivity contribution in [1.82, 2.24) is 15.3 Å². The molecule has 18 heavy (non-hydrogen) atoms. The van der Waals surface area contributed by atoms with Gasteiger partial charge >= 0.3 is 0 Å². The lowest BCUT2D eigenvalue weighted by atomic mass is 10.2. The van der Waals surface area contributed by atoms with Crippen LogP contribution in [0.3, 0.4) is 0 Å². The van der Waals surface area contributed by atoms with Gasteiger partial charge in [0.15, 0.2) is 0 Å². The summed E-state index contributed by atoms with van der Waals surface area (Å²) >= 11 is 0. The van der Waals surface area contributed by atoms with Crippen molar-refractivity contribution in [3.05, 3.63) is 54.0 Å². The first-order chi connectivity index (χ1) is 8.79. The Kier molecular flexibility index (Phi) is 4.25. The SMILES string of the molecule is CNCc1ccc(N(C)Cc2cccnc2)nc1. The molecular weight excluding hydrogens is 224 g/mol. The highest BCUT2D eigenvalue weighted by Gasteiger charge is 2.03. The molecule has 2 heterocycles. The molecule has 0 bridgehead atoms. The summed E-state index contributed by atoms with van der Waals surface area (Å²) in [5.41, 5.74) is 2.37. The quantitative estimate of drug-likeness (QED) is 0.868. The van der Waals surface area contributed by atoms with Crippen molar-refractivity contribution in [2.75, 3.05) is 19.0 Å². The molecule has 1 N–H and O–H groups in total. The van der Waals surface area contributed by atoms with E-state index in [4.69, 9.17) is 0 Å². The Hall–Kier alpha value is -1.94. The molecule has 0 unspecified atom stereocenters. The molecule has 0 atom stereocenters. The summed E-state index contributed by atoms with van der Waals surface area (Å²) in [6, 6.07) is 8.16.